The second-order valence-corrected chi connectivity index (χ2v) is 14.2. The van der Waals surface area contributed by atoms with Gasteiger partial charge in [0.2, 0.25) is 0 Å². The number of nitrogens with one attached hydrogen (secondary N) is 2. The zero-order valence-corrected chi connectivity index (χ0v) is 28.4. The Morgan fingerprint density at radius 2 is 1.69 bits per heavy atom. The molecule has 11 nitrogen and oxygen atoms in total. The van der Waals surface area contributed by atoms with Crippen molar-refractivity contribution >= 4 is 75.3 Å². The van der Waals surface area contributed by atoms with E-state index in [0.717, 1.165) is 85.1 Å². The van der Waals surface area contributed by atoms with Crippen molar-refractivity contribution < 1.29 is 9.53 Å². The summed E-state index contributed by atoms with van der Waals surface area (Å²) in [6, 6.07) is 8.25. The summed E-state index contributed by atoms with van der Waals surface area (Å²) in [6.45, 7) is 9.63. The van der Waals surface area contributed by atoms with E-state index in [9.17, 15) is 4.79 Å². The fourth-order valence-electron chi connectivity index (χ4n) is 5.95. The van der Waals surface area contributed by atoms with Crippen molar-refractivity contribution in [2.45, 2.75) is 57.6 Å². The standard InChI is InChI=1S/C19H21BrN4O2.C13H12BrN5/c1-19(2,3)26-18(25)24-5-4-11(10-24)17-22-9-13-6-12-8-21-16(20)14(12)7-15(13)23-17;14-12-9-4-10-8(3-11(9)18-19-12)6-16-13(17-10)7-1-2-15-5-7/h6-7,9,11H,4-5,8,10H2,1-3H3;3-4,6-7,15H,1-2,5H2,(H,18,19). The van der Waals surface area contributed by atoms with Gasteiger partial charge in [0.15, 0.2) is 0 Å². The highest BCUT2D eigenvalue weighted by molar-refractivity contribution is 9.18. The van der Waals surface area contributed by atoms with Crippen molar-refractivity contribution in [1.29, 1.82) is 0 Å². The van der Waals surface area contributed by atoms with E-state index in [4.69, 9.17) is 14.7 Å². The average molecular weight is 735 g/mol. The third-order valence-electron chi connectivity index (χ3n) is 8.29. The highest BCUT2D eigenvalue weighted by Gasteiger charge is 2.32. The lowest BCUT2D eigenvalue weighted by molar-refractivity contribution is 0.0292. The van der Waals surface area contributed by atoms with Gasteiger partial charge >= 0.3 is 6.09 Å². The van der Waals surface area contributed by atoms with Crippen molar-refractivity contribution in [2.75, 3.05) is 26.2 Å². The maximum atomic E-state index is 12.3. The molecule has 2 fully saturated rings. The molecule has 232 valence electrons. The minimum Gasteiger partial charge on any atom is -0.444 e. The summed E-state index contributed by atoms with van der Waals surface area (Å²) in [7, 11) is 0. The Balaban J connectivity index is 0.000000151. The van der Waals surface area contributed by atoms with Crippen LogP contribution in [0.25, 0.3) is 32.7 Å². The second-order valence-electron chi connectivity index (χ2n) is 12.7. The molecule has 45 heavy (non-hydrogen) atoms. The topological polar surface area (TPSA) is 134 Å². The normalized spacial score (nSPS) is 19.6. The Hall–Kier alpha value is -3.55. The summed E-state index contributed by atoms with van der Waals surface area (Å²) in [5.74, 6) is 2.30. The Bertz CT molecular complexity index is 1960. The van der Waals surface area contributed by atoms with Crippen LogP contribution in [0.1, 0.15) is 68.2 Å². The molecule has 8 rings (SSSR count). The lowest BCUT2D eigenvalue weighted by Gasteiger charge is -2.24. The maximum absolute atomic E-state index is 12.3. The highest BCUT2D eigenvalue weighted by atomic mass is 79.9. The summed E-state index contributed by atoms with van der Waals surface area (Å²) in [4.78, 5) is 37.0. The minimum atomic E-state index is -0.482. The molecule has 3 aliphatic heterocycles. The number of hydrogen-bond acceptors (Lipinski definition) is 9. The number of carbonyl (C=O) groups excluding carboxylic acids is 1. The minimum absolute atomic E-state index is 0.136. The van der Waals surface area contributed by atoms with E-state index in [2.05, 4.69) is 80.5 Å². The van der Waals surface area contributed by atoms with E-state index < -0.39 is 5.60 Å². The molecule has 3 aromatic heterocycles. The molecule has 0 saturated carbocycles. The first-order valence-electron chi connectivity index (χ1n) is 15.1. The first-order chi connectivity index (χ1) is 21.6. The van der Waals surface area contributed by atoms with Crippen molar-refractivity contribution in [2.24, 2.45) is 4.99 Å². The Morgan fingerprint density at radius 1 is 0.956 bits per heavy atom. The number of hydrogen-bond donors (Lipinski definition) is 2. The van der Waals surface area contributed by atoms with Gasteiger partial charge in [-0.1, -0.05) is 0 Å². The van der Waals surface area contributed by atoms with Crippen molar-refractivity contribution in [1.82, 2.24) is 40.3 Å². The van der Waals surface area contributed by atoms with Crippen LogP contribution in [0.4, 0.5) is 4.79 Å². The molecule has 3 aliphatic rings. The van der Waals surface area contributed by atoms with Gasteiger partial charge in [-0.05, 0) is 102 Å². The third-order valence-corrected chi connectivity index (χ3v) is 9.57. The number of rotatable bonds is 2. The van der Waals surface area contributed by atoms with Crippen molar-refractivity contribution in [3.63, 3.8) is 0 Å². The Kier molecular flexibility index (Phi) is 8.03. The molecule has 6 heterocycles. The van der Waals surface area contributed by atoms with E-state index in [1.54, 1.807) is 4.90 Å². The number of fused-ring (bicyclic) bond motifs is 4. The zero-order valence-electron chi connectivity index (χ0n) is 25.3. The van der Waals surface area contributed by atoms with Gasteiger partial charge in [-0.2, -0.15) is 5.10 Å². The zero-order chi connectivity index (χ0) is 31.3. The molecule has 5 aromatic rings. The quantitative estimate of drug-likeness (QED) is 0.214. The Labute approximate surface area is 276 Å². The van der Waals surface area contributed by atoms with Crippen LogP contribution < -0.4 is 5.32 Å². The van der Waals surface area contributed by atoms with Crippen LogP contribution in [0, 0.1) is 0 Å². The van der Waals surface area contributed by atoms with E-state index in [1.165, 1.54) is 5.56 Å². The summed E-state index contributed by atoms with van der Waals surface area (Å²) in [5, 5.41) is 13.6. The summed E-state index contributed by atoms with van der Waals surface area (Å²) < 4.78 is 7.24. The highest BCUT2D eigenvalue weighted by Crippen LogP contribution is 2.31. The van der Waals surface area contributed by atoms with Gasteiger partial charge in [0.25, 0.3) is 0 Å². The molecule has 0 spiro atoms. The number of ether oxygens (including phenoxy) is 1. The predicted molar refractivity (Wildman–Crippen MR) is 181 cm³/mol. The Morgan fingerprint density at radius 3 is 2.42 bits per heavy atom. The number of carbonyl (C=O) groups is 1. The van der Waals surface area contributed by atoms with Crippen LogP contribution in [-0.2, 0) is 11.3 Å². The number of halogens is 2. The number of aliphatic imine (C=N–C) groups is 1. The number of aromatic amines is 1. The number of amides is 1. The molecule has 0 radical (unpaired) electrons. The molecular formula is C32H33Br2N9O2. The summed E-state index contributed by atoms with van der Waals surface area (Å²) >= 11 is 6.97. The van der Waals surface area contributed by atoms with E-state index >= 15 is 0 Å². The maximum Gasteiger partial charge on any atom is 0.410 e. The number of H-pyrrole nitrogens is 1. The number of likely N-dealkylation sites (tertiary alicyclic amines) is 1. The molecule has 13 heteroatoms. The van der Waals surface area contributed by atoms with Gasteiger partial charge in [-0.15, -0.1) is 0 Å². The summed E-state index contributed by atoms with van der Waals surface area (Å²) in [5.41, 5.74) is 4.63. The van der Waals surface area contributed by atoms with E-state index in [0.29, 0.717) is 25.6 Å². The molecule has 2 aromatic carbocycles. The third kappa shape index (κ3) is 6.30. The SMILES string of the molecule is Brc1[nH]nc2cc3cnc(C4CCNC4)nc3cc12.CC(C)(C)OC(=O)N1CCC(c2ncc3cc4c(cc3n2)C(Br)=NC4)C1. The first-order valence-corrected chi connectivity index (χ1v) is 16.7. The second kappa shape index (κ2) is 12.0. The molecule has 1 amide bonds. The largest absolute Gasteiger partial charge is 0.444 e. The number of nitrogens with zero attached hydrogens (tertiary/aromatic N) is 7. The smallest absolute Gasteiger partial charge is 0.410 e. The molecule has 0 aliphatic carbocycles. The lowest BCUT2D eigenvalue weighted by Crippen LogP contribution is -2.35. The number of aromatic nitrogens is 6. The van der Waals surface area contributed by atoms with Crippen molar-refractivity contribution in [3.05, 3.63) is 64.0 Å². The van der Waals surface area contributed by atoms with E-state index in [-0.39, 0.29) is 12.0 Å². The van der Waals surface area contributed by atoms with Crippen LogP contribution in [0.2, 0.25) is 0 Å². The van der Waals surface area contributed by atoms with E-state index in [1.807, 2.05) is 39.2 Å². The van der Waals surface area contributed by atoms with Crippen LogP contribution in [-0.4, -0.2) is 77.5 Å². The molecule has 2 saturated heterocycles. The van der Waals surface area contributed by atoms with Gasteiger partial charge in [-0.25, -0.2) is 24.7 Å². The molecule has 2 atom stereocenters. The van der Waals surface area contributed by atoms with Gasteiger partial charge in [0.05, 0.1) is 23.1 Å². The molecule has 2 N–H and O–H groups in total. The van der Waals surface area contributed by atoms with Gasteiger partial charge in [-0.3, -0.25) is 10.1 Å². The van der Waals surface area contributed by atoms with Crippen molar-refractivity contribution in [3.8, 4) is 0 Å². The molecule has 0 bridgehead atoms. The lowest BCUT2D eigenvalue weighted by atomic mass is 10.1. The van der Waals surface area contributed by atoms with Gasteiger partial charge in [0, 0.05) is 65.6 Å². The van der Waals surface area contributed by atoms with Gasteiger partial charge in [0.1, 0.15) is 26.5 Å². The fourth-order valence-corrected chi connectivity index (χ4v) is 6.85. The molecular weight excluding hydrogens is 702 g/mol. The van der Waals surface area contributed by atoms with Crippen LogP contribution in [0.15, 0.2) is 46.3 Å². The van der Waals surface area contributed by atoms with Crippen LogP contribution >= 0.6 is 31.9 Å². The van der Waals surface area contributed by atoms with Crippen LogP contribution in [0.5, 0.6) is 0 Å². The number of benzene rings is 2. The fraction of sp³-hybridized carbons (Fsp3) is 0.406. The summed E-state index contributed by atoms with van der Waals surface area (Å²) in [6.07, 6.45) is 5.47. The van der Waals surface area contributed by atoms with Gasteiger partial charge < -0.3 is 15.0 Å². The molecule has 2 unspecified atom stereocenters. The first kappa shape index (κ1) is 30.1. The van der Waals surface area contributed by atoms with Crippen LogP contribution in [0.3, 0.4) is 0 Å². The average Bonchev–Trinajstić information content (AvgIpc) is 3.83. The monoisotopic (exact) mass is 733 g/mol. The predicted octanol–water partition coefficient (Wildman–Crippen LogP) is 6.35.